The highest BCUT2D eigenvalue weighted by Gasteiger charge is 2.18. The van der Waals surface area contributed by atoms with E-state index in [1.807, 2.05) is 36.4 Å². The third-order valence-corrected chi connectivity index (χ3v) is 4.93. The summed E-state index contributed by atoms with van der Waals surface area (Å²) in [6.07, 6.45) is 2.54. The van der Waals surface area contributed by atoms with Gasteiger partial charge >= 0.3 is 5.76 Å². The summed E-state index contributed by atoms with van der Waals surface area (Å²) in [6.45, 7) is 3.87. The lowest BCUT2D eigenvalue weighted by Gasteiger charge is -2.10. The molecule has 0 amide bonds. The minimum absolute atomic E-state index is 0.361. The number of hydrogen-bond acceptors (Lipinski definition) is 4. The first-order valence-corrected chi connectivity index (χ1v) is 8.74. The lowest BCUT2D eigenvalue weighted by molar-refractivity contribution is -0.888. The van der Waals surface area contributed by atoms with Crippen molar-refractivity contribution in [2.45, 2.75) is 19.4 Å². The maximum absolute atomic E-state index is 12.2. The quantitative estimate of drug-likeness (QED) is 0.761. The number of benzene rings is 2. The van der Waals surface area contributed by atoms with E-state index in [0.717, 1.165) is 28.6 Å². The van der Waals surface area contributed by atoms with E-state index < -0.39 is 5.76 Å². The molecule has 0 radical (unpaired) electrons. The van der Waals surface area contributed by atoms with Gasteiger partial charge in [0.05, 0.1) is 33.3 Å². The van der Waals surface area contributed by atoms with Gasteiger partial charge < -0.3 is 14.1 Å². The van der Waals surface area contributed by atoms with E-state index >= 15 is 0 Å². The summed E-state index contributed by atoms with van der Waals surface area (Å²) in [6, 6.07) is 11.7. The second kappa shape index (κ2) is 6.72. The van der Waals surface area contributed by atoms with Crippen molar-refractivity contribution in [1.29, 1.82) is 0 Å². The van der Waals surface area contributed by atoms with Gasteiger partial charge in [0.2, 0.25) is 5.89 Å². The molecule has 6 heteroatoms. The average Bonchev–Trinajstić information content (AvgIpc) is 3.28. The Kier molecular flexibility index (Phi) is 4.28. The highest BCUT2D eigenvalue weighted by Crippen LogP contribution is 2.33. The Morgan fingerprint density at radius 1 is 1.16 bits per heavy atom. The predicted molar refractivity (Wildman–Crippen MR) is 95.1 cm³/mol. The molecule has 0 saturated carbocycles. The van der Waals surface area contributed by atoms with Crippen LogP contribution in [-0.4, -0.2) is 36.5 Å². The van der Waals surface area contributed by atoms with Crippen LogP contribution in [0, 0.1) is 0 Å². The van der Waals surface area contributed by atoms with E-state index in [1.54, 1.807) is 7.11 Å². The third-order valence-electron chi connectivity index (χ3n) is 4.93. The first kappa shape index (κ1) is 15.9. The Labute approximate surface area is 145 Å². The lowest BCUT2D eigenvalue weighted by atomic mass is 10.0. The van der Waals surface area contributed by atoms with Crippen molar-refractivity contribution in [3.05, 3.63) is 46.9 Å². The topological polar surface area (TPSA) is 61.7 Å². The molecule has 1 aliphatic rings. The minimum atomic E-state index is -0.395. The molecule has 130 valence electrons. The number of rotatable bonds is 5. The van der Waals surface area contributed by atoms with Crippen molar-refractivity contribution < 1.29 is 14.1 Å². The molecule has 1 N–H and O–H groups in total. The molecule has 6 nitrogen and oxygen atoms in total. The summed E-state index contributed by atoms with van der Waals surface area (Å²) < 4.78 is 12.3. The molecule has 0 unspecified atom stereocenters. The Bertz CT molecular complexity index is 938. The maximum atomic E-state index is 12.2. The van der Waals surface area contributed by atoms with E-state index in [9.17, 15) is 4.79 Å². The summed E-state index contributed by atoms with van der Waals surface area (Å²) in [7, 11) is 1.65. The van der Waals surface area contributed by atoms with Gasteiger partial charge in [0.15, 0.2) is 0 Å². The normalized spacial score (nSPS) is 15.1. The number of fused-ring (bicyclic) bond motifs is 1. The van der Waals surface area contributed by atoms with Crippen molar-refractivity contribution in [2.75, 3.05) is 26.7 Å². The number of likely N-dealkylation sites (tertiary alicyclic amines) is 1. The largest absolute Gasteiger partial charge is 0.496 e. The van der Waals surface area contributed by atoms with Gasteiger partial charge in [-0.3, -0.25) is 0 Å². The molecule has 4 rings (SSSR count). The van der Waals surface area contributed by atoms with Crippen LogP contribution in [-0.2, 0) is 6.54 Å². The monoisotopic (exact) mass is 340 g/mol. The van der Waals surface area contributed by atoms with Crippen LogP contribution in [0.4, 0.5) is 0 Å². The summed E-state index contributed by atoms with van der Waals surface area (Å²) in [5.74, 6) is 0.757. The molecule has 0 spiro atoms. The SMILES string of the molecule is COc1ccc(-c2nn(CC[NH+]3CCCC3)c(=O)o2)c2ccccc12. The van der Waals surface area contributed by atoms with Gasteiger partial charge in [-0.05, 0) is 17.5 Å². The smallest absolute Gasteiger partial charge is 0.437 e. The second-order valence-corrected chi connectivity index (χ2v) is 6.46. The van der Waals surface area contributed by atoms with Crippen LogP contribution in [0.2, 0.25) is 0 Å². The first-order valence-electron chi connectivity index (χ1n) is 8.74. The maximum Gasteiger partial charge on any atom is 0.437 e. The zero-order chi connectivity index (χ0) is 17.2. The van der Waals surface area contributed by atoms with E-state index in [4.69, 9.17) is 9.15 Å². The molecule has 0 bridgehead atoms. The van der Waals surface area contributed by atoms with E-state index in [0.29, 0.717) is 12.4 Å². The van der Waals surface area contributed by atoms with Crippen molar-refractivity contribution in [2.24, 2.45) is 0 Å². The van der Waals surface area contributed by atoms with Gasteiger partial charge in [-0.15, -0.1) is 5.10 Å². The van der Waals surface area contributed by atoms with E-state index in [-0.39, 0.29) is 0 Å². The highest BCUT2D eigenvalue weighted by molar-refractivity contribution is 5.98. The van der Waals surface area contributed by atoms with Crippen LogP contribution in [0.3, 0.4) is 0 Å². The minimum Gasteiger partial charge on any atom is -0.496 e. The summed E-state index contributed by atoms with van der Waals surface area (Å²) in [4.78, 5) is 13.7. The molecule has 1 fully saturated rings. The van der Waals surface area contributed by atoms with Crippen LogP contribution in [0.1, 0.15) is 12.8 Å². The zero-order valence-electron chi connectivity index (χ0n) is 14.3. The Morgan fingerprint density at radius 2 is 1.92 bits per heavy atom. The highest BCUT2D eigenvalue weighted by atomic mass is 16.5. The number of methoxy groups -OCH3 is 1. The van der Waals surface area contributed by atoms with Crippen molar-refractivity contribution in [3.63, 3.8) is 0 Å². The number of quaternary nitrogens is 1. The standard InChI is InChI=1S/C19H21N3O3/c1-24-17-9-8-16(14-6-2-3-7-15(14)17)18-20-22(19(23)25-18)13-12-21-10-4-5-11-21/h2-3,6-9H,4-5,10-13H2,1H3/p+1. The molecular formula is C19H22N3O3+. The average molecular weight is 340 g/mol. The molecule has 1 aliphatic heterocycles. The number of ether oxygens (including phenoxy) is 1. The lowest BCUT2D eigenvalue weighted by Crippen LogP contribution is -3.10. The van der Waals surface area contributed by atoms with Gasteiger partial charge in [-0.1, -0.05) is 24.3 Å². The number of nitrogens with zero attached hydrogens (tertiary/aromatic N) is 2. The molecule has 2 heterocycles. The zero-order valence-corrected chi connectivity index (χ0v) is 14.3. The van der Waals surface area contributed by atoms with Crippen molar-refractivity contribution >= 4 is 10.8 Å². The summed E-state index contributed by atoms with van der Waals surface area (Å²) in [5, 5.41) is 6.36. The fraction of sp³-hybridized carbons (Fsp3) is 0.368. The third kappa shape index (κ3) is 3.05. The van der Waals surface area contributed by atoms with Crippen LogP contribution in [0.5, 0.6) is 5.75 Å². The number of hydrogen-bond donors (Lipinski definition) is 1. The molecular weight excluding hydrogens is 318 g/mol. The predicted octanol–water partition coefficient (Wildman–Crippen LogP) is 1.34. The van der Waals surface area contributed by atoms with Crippen LogP contribution >= 0.6 is 0 Å². The fourth-order valence-electron chi connectivity index (χ4n) is 3.58. The molecule has 0 aliphatic carbocycles. The summed E-state index contributed by atoms with van der Waals surface area (Å²) >= 11 is 0. The van der Waals surface area contributed by atoms with E-state index in [1.165, 1.54) is 35.5 Å². The van der Waals surface area contributed by atoms with Crippen LogP contribution in [0.15, 0.2) is 45.6 Å². The molecule has 1 saturated heterocycles. The van der Waals surface area contributed by atoms with Crippen molar-refractivity contribution in [3.8, 4) is 17.2 Å². The molecule has 25 heavy (non-hydrogen) atoms. The Morgan fingerprint density at radius 3 is 2.68 bits per heavy atom. The molecule has 0 atom stereocenters. The Hall–Kier alpha value is -2.60. The van der Waals surface area contributed by atoms with Gasteiger partial charge in [0.25, 0.3) is 0 Å². The second-order valence-electron chi connectivity index (χ2n) is 6.46. The van der Waals surface area contributed by atoms with Gasteiger partial charge in [-0.25, -0.2) is 4.79 Å². The van der Waals surface area contributed by atoms with Gasteiger partial charge in [-0.2, -0.15) is 4.68 Å². The van der Waals surface area contributed by atoms with Gasteiger partial charge in [0.1, 0.15) is 5.75 Å². The van der Waals surface area contributed by atoms with Gasteiger partial charge in [0, 0.05) is 23.8 Å². The number of nitrogens with one attached hydrogen (secondary N) is 1. The molecule has 2 aromatic carbocycles. The molecule has 3 aromatic rings. The summed E-state index contributed by atoms with van der Waals surface area (Å²) in [5.41, 5.74) is 0.806. The van der Waals surface area contributed by atoms with E-state index in [2.05, 4.69) is 5.10 Å². The van der Waals surface area contributed by atoms with Crippen molar-refractivity contribution in [1.82, 2.24) is 9.78 Å². The van der Waals surface area contributed by atoms with Crippen LogP contribution < -0.4 is 15.4 Å². The first-order chi connectivity index (χ1) is 12.3. The molecule has 1 aromatic heterocycles. The fourth-order valence-corrected chi connectivity index (χ4v) is 3.58. The number of aromatic nitrogens is 2. The Balaban J connectivity index is 1.67. The van der Waals surface area contributed by atoms with Crippen LogP contribution in [0.25, 0.3) is 22.2 Å².